The van der Waals surface area contributed by atoms with Gasteiger partial charge in [0.15, 0.2) is 0 Å². The van der Waals surface area contributed by atoms with Gasteiger partial charge < -0.3 is 4.84 Å². The van der Waals surface area contributed by atoms with Gasteiger partial charge in [0.05, 0.1) is 5.71 Å². The van der Waals surface area contributed by atoms with Crippen LogP contribution in [-0.2, 0) is 4.84 Å². The molecule has 0 heterocycles. The molecule has 0 amide bonds. The second-order valence-electron chi connectivity index (χ2n) is 3.00. The standard InChI is InChI=1S/C17H13NO/c1-5-8-10-11-13-15-17(14-12-9-6-2)16(4)18-19-7-3/h1H,2,7,15H2,3-4H3/b18-16+. The van der Waals surface area contributed by atoms with Gasteiger partial charge in [-0.25, -0.2) is 0 Å². The highest BCUT2D eigenvalue weighted by molar-refractivity contribution is 5.98. The van der Waals surface area contributed by atoms with E-state index in [0.29, 0.717) is 18.7 Å². The van der Waals surface area contributed by atoms with Crippen LogP contribution in [0.15, 0.2) is 40.2 Å². The molecule has 0 aliphatic rings. The third kappa shape index (κ3) is 8.78. The first-order valence-electron chi connectivity index (χ1n) is 5.50. The molecule has 0 aromatic heterocycles. The molecule has 19 heavy (non-hydrogen) atoms. The molecule has 0 fully saturated rings. The molecule has 0 bridgehead atoms. The molecule has 0 spiro atoms. The normalized spacial score (nSPS) is 7.74. The van der Waals surface area contributed by atoms with Gasteiger partial charge in [0.2, 0.25) is 0 Å². The van der Waals surface area contributed by atoms with Gasteiger partial charge in [-0.05, 0) is 55.6 Å². The zero-order chi connectivity index (χ0) is 14.3. The second kappa shape index (κ2) is 11.5. The third-order valence-electron chi connectivity index (χ3n) is 1.68. The maximum atomic E-state index is 4.98. The van der Waals surface area contributed by atoms with Crippen molar-refractivity contribution >= 4 is 5.71 Å². The summed E-state index contributed by atoms with van der Waals surface area (Å²) in [4.78, 5) is 4.98. The fourth-order valence-electron chi connectivity index (χ4n) is 0.874. The molecular weight excluding hydrogens is 234 g/mol. The predicted molar refractivity (Wildman–Crippen MR) is 76.9 cm³/mol. The van der Waals surface area contributed by atoms with E-state index in [0.717, 1.165) is 5.57 Å². The summed E-state index contributed by atoms with van der Waals surface area (Å²) < 4.78 is 0. The van der Waals surface area contributed by atoms with Crippen LogP contribution in [0.4, 0.5) is 0 Å². The highest BCUT2D eigenvalue weighted by atomic mass is 16.6. The molecule has 0 aromatic carbocycles. The quantitative estimate of drug-likeness (QED) is 0.324. The lowest BCUT2D eigenvalue weighted by molar-refractivity contribution is 0.159. The lowest BCUT2D eigenvalue weighted by atomic mass is 10.1. The Hall–Kier alpha value is -2.99. The van der Waals surface area contributed by atoms with Gasteiger partial charge in [-0.3, -0.25) is 0 Å². The Balaban J connectivity index is 5.27. The number of oxime groups is 1. The highest BCUT2D eigenvalue weighted by Crippen LogP contribution is 2.02. The van der Waals surface area contributed by atoms with Crippen molar-refractivity contribution in [1.82, 2.24) is 0 Å². The minimum atomic E-state index is 0.410. The van der Waals surface area contributed by atoms with E-state index in [-0.39, 0.29) is 0 Å². The van der Waals surface area contributed by atoms with Crippen LogP contribution in [0.25, 0.3) is 0 Å². The topological polar surface area (TPSA) is 21.6 Å². The van der Waals surface area contributed by atoms with E-state index < -0.39 is 0 Å². The summed E-state index contributed by atoms with van der Waals surface area (Å²) in [7, 11) is 0. The van der Waals surface area contributed by atoms with Crippen LogP contribution in [0.1, 0.15) is 20.3 Å². The lowest BCUT2D eigenvalue weighted by Crippen LogP contribution is -1.97. The monoisotopic (exact) mass is 247 g/mol. The van der Waals surface area contributed by atoms with E-state index in [1.54, 1.807) is 6.92 Å². The highest BCUT2D eigenvalue weighted by Gasteiger charge is 1.99. The van der Waals surface area contributed by atoms with E-state index in [9.17, 15) is 0 Å². The average molecular weight is 247 g/mol. The van der Waals surface area contributed by atoms with Crippen LogP contribution in [0.2, 0.25) is 0 Å². The van der Waals surface area contributed by atoms with E-state index >= 15 is 0 Å². The van der Waals surface area contributed by atoms with Gasteiger partial charge in [0.25, 0.3) is 0 Å². The van der Waals surface area contributed by atoms with E-state index in [1.165, 1.54) is 0 Å². The van der Waals surface area contributed by atoms with E-state index in [4.69, 9.17) is 11.3 Å². The molecule has 0 aliphatic carbocycles. The number of hydrogen-bond donors (Lipinski definition) is 0. The van der Waals surface area contributed by atoms with Crippen LogP contribution in [0.3, 0.4) is 0 Å². The molecule has 0 atom stereocenters. The Labute approximate surface area is 114 Å². The number of terminal acetylenes is 1. The third-order valence-corrected chi connectivity index (χ3v) is 1.68. The summed E-state index contributed by atoms with van der Waals surface area (Å²) in [6.45, 7) is 7.53. The summed E-state index contributed by atoms with van der Waals surface area (Å²) >= 11 is 0. The Bertz CT molecular complexity index is 655. The second-order valence-corrected chi connectivity index (χ2v) is 3.00. The first kappa shape index (κ1) is 16.0. The van der Waals surface area contributed by atoms with Gasteiger partial charge in [0, 0.05) is 12.0 Å². The van der Waals surface area contributed by atoms with Crippen LogP contribution in [0.5, 0.6) is 0 Å². The predicted octanol–water partition coefficient (Wildman–Crippen LogP) is 2.61. The number of allylic oxidation sites excluding steroid dienone is 1. The lowest BCUT2D eigenvalue weighted by Gasteiger charge is -1.98. The van der Waals surface area contributed by atoms with Crippen molar-refractivity contribution < 1.29 is 4.84 Å². The molecule has 92 valence electrons. The summed E-state index contributed by atoms with van der Waals surface area (Å²) in [5.74, 6) is 12.6. The van der Waals surface area contributed by atoms with Gasteiger partial charge in [0.1, 0.15) is 6.61 Å². The summed E-state index contributed by atoms with van der Waals surface area (Å²) in [6, 6.07) is 0. The Morgan fingerprint density at radius 1 is 1.26 bits per heavy atom. The van der Waals surface area contributed by atoms with Gasteiger partial charge in [-0.1, -0.05) is 22.5 Å². The van der Waals surface area contributed by atoms with Crippen molar-refractivity contribution in [2.24, 2.45) is 5.16 Å². The minimum Gasteiger partial charge on any atom is -0.396 e. The number of nitrogens with zero attached hydrogens (tertiary/aromatic N) is 1. The molecule has 0 aliphatic heterocycles. The molecule has 0 radical (unpaired) electrons. The van der Waals surface area contributed by atoms with Crippen molar-refractivity contribution in [3.8, 4) is 36.0 Å². The van der Waals surface area contributed by atoms with Crippen molar-refractivity contribution in [1.29, 1.82) is 0 Å². The molecular formula is C17H13NO. The number of rotatable bonds is 4. The number of hydrogen-bond acceptors (Lipinski definition) is 2. The SMILES string of the molecule is C#CC#CC#CCC(=C=C=C=C=C)/C(C)=N/OCC. The van der Waals surface area contributed by atoms with Crippen molar-refractivity contribution in [3.05, 3.63) is 35.1 Å². The summed E-state index contributed by atoms with van der Waals surface area (Å²) in [5.41, 5.74) is 11.9. The van der Waals surface area contributed by atoms with Crippen LogP contribution in [-0.4, -0.2) is 12.3 Å². The van der Waals surface area contributed by atoms with Crippen LogP contribution in [0, 0.1) is 36.0 Å². The van der Waals surface area contributed by atoms with E-state index in [2.05, 4.69) is 64.3 Å². The molecule has 0 unspecified atom stereocenters. The van der Waals surface area contributed by atoms with Gasteiger partial charge in [-0.2, -0.15) is 0 Å². The molecule has 0 rings (SSSR count). The van der Waals surface area contributed by atoms with Crippen molar-refractivity contribution in [3.63, 3.8) is 0 Å². The van der Waals surface area contributed by atoms with Crippen LogP contribution < -0.4 is 0 Å². The molecule has 2 nitrogen and oxygen atoms in total. The Morgan fingerprint density at radius 2 is 2.05 bits per heavy atom. The average Bonchev–Trinajstić information content (AvgIpc) is 2.42. The summed E-state index contributed by atoms with van der Waals surface area (Å²) in [6.07, 6.45) is 5.39. The minimum absolute atomic E-state index is 0.410. The fourth-order valence-corrected chi connectivity index (χ4v) is 0.874. The zero-order valence-electron chi connectivity index (χ0n) is 11.1. The van der Waals surface area contributed by atoms with Crippen molar-refractivity contribution in [2.75, 3.05) is 6.61 Å². The molecule has 0 aromatic rings. The molecule has 2 heteroatoms. The Morgan fingerprint density at radius 3 is 2.68 bits per heavy atom. The smallest absolute Gasteiger partial charge is 0.114 e. The van der Waals surface area contributed by atoms with Gasteiger partial charge >= 0.3 is 0 Å². The molecule has 0 saturated heterocycles. The largest absolute Gasteiger partial charge is 0.396 e. The molecule has 0 N–H and O–H groups in total. The van der Waals surface area contributed by atoms with Crippen LogP contribution >= 0.6 is 0 Å². The summed E-state index contributed by atoms with van der Waals surface area (Å²) in [5, 5.41) is 3.91. The fraction of sp³-hybridized carbons (Fsp3) is 0.235. The first-order valence-corrected chi connectivity index (χ1v) is 5.50. The van der Waals surface area contributed by atoms with Crippen molar-refractivity contribution in [2.45, 2.75) is 20.3 Å². The maximum absolute atomic E-state index is 4.98. The first-order chi connectivity index (χ1) is 9.26. The van der Waals surface area contributed by atoms with Gasteiger partial charge in [-0.15, -0.1) is 6.42 Å². The molecule has 0 saturated carbocycles. The zero-order valence-corrected chi connectivity index (χ0v) is 11.1. The van der Waals surface area contributed by atoms with E-state index in [1.807, 2.05) is 6.92 Å². The Kier molecular flexibility index (Phi) is 9.69. The maximum Gasteiger partial charge on any atom is 0.114 e.